The number of aromatic nitrogens is 1. The molecule has 240 valence electrons. The van der Waals surface area contributed by atoms with E-state index in [0.717, 1.165) is 16.5 Å². The molecule has 0 fully saturated rings. The van der Waals surface area contributed by atoms with Gasteiger partial charge in [-0.05, 0) is 48.6 Å². The number of aliphatic carboxylic acids is 2. The molecular weight excluding hydrogens is 588 g/mol. The zero-order chi connectivity index (χ0) is 33.1. The zero-order valence-electron chi connectivity index (χ0n) is 24.2. The van der Waals surface area contributed by atoms with Crippen molar-refractivity contribution in [2.75, 3.05) is 0 Å². The van der Waals surface area contributed by atoms with Crippen LogP contribution in [0.5, 0.6) is 5.75 Å². The lowest BCUT2D eigenvalue weighted by molar-refractivity contribution is -0.142. The Morgan fingerprint density at radius 1 is 0.756 bits per heavy atom. The number of hydrogen-bond acceptors (Lipinski definition) is 8. The maximum atomic E-state index is 13.3. The van der Waals surface area contributed by atoms with Gasteiger partial charge in [-0.3, -0.25) is 24.0 Å². The number of carboxylic acid groups (broad SMARTS) is 2. The van der Waals surface area contributed by atoms with Gasteiger partial charge in [0.15, 0.2) is 0 Å². The molecule has 0 aliphatic carbocycles. The number of nitrogens with one attached hydrogen (secondary N) is 4. The summed E-state index contributed by atoms with van der Waals surface area (Å²) in [5.41, 5.74) is 13.4. The third-order valence-corrected chi connectivity index (χ3v) is 7.03. The first-order valence-corrected chi connectivity index (χ1v) is 14.1. The number of carbonyl (C=O) groups is 6. The lowest BCUT2D eigenvalue weighted by atomic mass is 10.0. The zero-order valence-corrected chi connectivity index (χ0v) is 24.2. The van der Waals surface area contributed by atoms with Gasteiger partial charge in [-0.15, -0.1) is 0 Å². The molecule has 0 radical (unpaired) electrons. The maximum absolute atomic E-state index is 13.3. The largest absolute Gasteiger partial charge is 0.508 e. The minimum Gasteiger partial charge on any atom is -0.508 e. The van der Waals surface area contributed by atoms with Crippen LogP contribution in [0.15, 0.2) is 54.7 Å². The third-order valence-electron chi connectivity index (χ3n) is 7.03. The summed E-state index contributed by atoms with van der Waals surface area (Å²) in [4.78, 5) is 77.2. The van der Waals surface area contributed by atoms with E-state index in [1.165, 1.54) is 24.3 Å². The molecule has 15 nitrogen and oxygen atoms in total. The Bertz CT molecular complexity index is 1540. The molecule has 45 heavy (non-hydrogen) atoms. The van der Waals surface area contributed by atoms with Crippen molar-refractivity contribution in [3.63, 3.8) is 0 Å². The van der Waals surface area contributed by atoms with E-state index in [1.807, 2.05) is 24.3 Å². The fourth-order valence-electron chi connectivity index (χ4n) is 4.61. The first kappa shape index (κ1) is 34.1. The number of aromatic amines is 1. The number of aromatic hydroxyl groups is 1. The van der Waals surface area contributed by atoms with E-state index in [1.54, 1.807) is 6.20 Å². The van der Waals surface area contributed by atoms with Gasteiger partial charge in [0.1, 0.15) is 23.9 Å². The van der Waals surface area contributed by atoms with Gasteiger partial charge >= 0.3 is 11.9 Å². The number of H-pyrrole nitrogens is 1. The molecule has 3 rings (SSSR count). The van der Waals surface area contributed by atoms with Crippen molar-refractivity contribution in [3.8, 4) is 5.75 Å². The number of fused-ring (bicyclic) bond motifs is 1. The summed E-state index contributed by atoms with van der Waals surface area (Å²) < 4.78 is 0. The van der Waals surface area contributed by atoms with Crippen molar-refractivity contribution in [2.45, 2.75) is 62.7 Å². The molecule has 0 bridgehead atoms. The lowest BCUT2D eigenvalue weighted by Crippen LogP contribution is -2.57. The summed E-state index contributed by atoms with van der Waals surface area (Å²) in [6.07, 6.45) is 0.124. The summed E-state index contributed by atoms with van der Waals surface area (Å²) >= 11 is 0. The van der Waals surface area contributed by atoms with Crippen LogP contribution in [0.1, 0.15) is 36.8 Å². The van der Waals surface area contributed by atoms with Crippen molar-refractivity contribution in [3.05, 3.63) is 65.9 Å². The van der Waals surface area contributed by atoms with Crippen LogP contribution < -0.4 is 27.4 Å². The van der Waals surface area contributed by atoms with Crippen molar-refractivity contribution < 1.29 is 44.1 Å². The van der Waals surface area contributed by atoms with Crippen LogP contribution >= 0.6 is 0 Å². The number of phenols is 1. The standard InChI is InChI=1S/C30H36N6O9/c31-20(14-17-15-33-21-4-2-1-3-19(17)21)27(41)34-23(10-12-26(39)40)28(42)35-22(9-11-25(32)38)29(43)36-24(30(44)45)13-16-5-7-18(37)8-6-16/h1-8,15,20,22-24,33,37H,9-14,31H2,(H2,32,38)(H,34,41)(H,35,42)(H,36,43)(H,39,40)(H,44,45). The molecule has 4 atom stereocenters. The Kier molecular flexibility index (Phi) is 12.0. The number of carboxylic acids is 2. The average Bonchev–Trinajstić information content (AvgIpc) is 3.40. The Labute approximate surface area is 257 Å². The predicted octanol–water partition coefficient (Wildman–Crippen LogP) is -0.345. The van der Waals surface area contributed by atoms with Crippen molar-refractivity contribution >= 4 is 46.5 Å². The van der Waals surface area contributed by atoms with Crippen molar-refractivity contribution in [2.24, 2.45) is 11.5 Å². The summed E-state index contributed by atoms with van der Waals surface area (Å²) in [5, 5.41) is 36.4. The Morgan fingerprint density at radius 2 is 1.33 bits per heavy atom. The summed E-state index contributed by atoms with van der Waals surface area (Å²) in [7, 11) is 0. The van der Waals surface area contributed by atoms with Gasteiger partial charge in [-0.2, -0.15) is 0 Å². The quantitative estimate of drug-likeness (QED) is 0.0942. The van der Waals surface area contributed by atoms with Crippen LogP contribution in [0.4, 0.5) is 0 Å². The molecule has 1 heterocycles. The van der Waals surface area contributed by atoms with E-state index in [0.29, 0.717) is 5.56 Å². The van der Waals surface area contributed by atoms with Gasteiger partial charge in [-0.1, -0.05) is 30.3 Å². The van der Waals surface area contributed by atoms with E-state index >= 15 is 0 Å². The molecule has 4 unspecified atom stereocenters. The van der Waals surface area contributed by atoms with Crippen LogP contribution in [-0.2, 0) is 41.6 Å². The molecule has 3 aromatic rings. The number of primary amides is 1. The second-order valence-corrected chi connectivity index (χ2v) is 10.5. The maximum Gasteiger partial charge on any atom is 0.326 e. The van der Waals surface area contributed by atoms with Gasteiger partial charge in [0.05, 0.1) is 6.04 Å². The molecule has 0 saturated carbocycles. The lowest BCUT2D eigenvalue weighted by Gasteiger charge is -2.25. The van der Waals surface area contributed by atoms with Crippen molar-refractivity contribution in [1.29, 1.82) is 0 Å². The molecule has 11 N–H and O–H groups in total. The number of benzene rings is 2. The van der Waals surface area contributed by atoms with E-state index in [4.69, 9.17) is 11.5 Å². The van der Waals surface area contributed by atoms with E-state index in [-0.39, 0.29) is 37.9 Å². The van der Waals surface area contributed by atoms with Gasteiger partial charge < -0.3 is 47.7 Å². The Morgan fingerprint density at radius 3 is 1.93 bits per heavy atom. The number of amides is 4. The van der Waals surface area contributed by atoms with E-state index < -0.39 is 66.2 Å². The fraction of sp³-hybridized carbons (Fsp3) is 0.333. The Hall–Kier alpha value is -5.44. The number of nitrogens with two attached hydrogens (primary N) is 2. The van der Waals surface area contributed by atoms with Gasteiger partial charge in [-0.25, -0.2) is 4.79 Å². The van der Waals surface area contributed by atoms with Crippen LogP contribution in [-0.4, -0.2) is 80.0 Å². The van der Waals surface area contributed by atoms with Gasteiger partial charge in [0.25, 0.3) is 0 Å². The highest BCUT2D eigenvalue weighted by Crippen LogP contribution is 2.19. The van der Waals surface area contributed by atoms with Crippen LogP contribution in [0.3, 0.4) is 0 Å². The number of carbonyl (C=O) groups excluding carboxylic acids is 4. The number of para-hydroxylation sites is 1. The highest BCUT2D eigenvalue weighted by Gasteiger charge is 2.31. The fourth-order valence-corrected chi connectivity index (χ4v) is 4.61. The Balaban J connectivity index is 1.73. The molecule has 0 aliphatic heterocycles. The van der Waals surface area contributed by atoms with Gasteiger partial charge in [0, 0.05) is 36.4 Å². The minimum absolute atomic E-state index is 0.0349. The molecular formula is C30H36N6O9. The molecule has 15 heteroatoms. The van der Waals surface area contributed by atoms with Crippen LogP contribution in [0, 0.1) is 0 Å². The summed E-state index contributed by atoms with van der Waals surface area (Å²) in [5.74, 6) is -6.09. The molecule has 0 saturated heterocycles. The smallest absolute Gasteiger partial charge is 0.326 e. The van der Waals surface area contributed by atoms with Crippen LogP contribution in [0.25, 0.3) is 10.9 Å². The van der Waals surface area contributed by atoms with Crippen molar-refractivity contribution in [1.82, 2.24) is 20.9 Å². The molecule has 1 aromatic heterocycles. The highest BCUT2D eigenvalue weighted by molar-refractivity contribution is 5.95. The summed E-state index contributed by atoms with van der Waals surface area (Å²) in [6.45, 7) is 0. The highest BCUT2D eigenvalue weighted by atomic mass is 16.4. The number of hydrogen-bond donors (Lipinski definition) is 9. The topological polar surface area (TPSA) is 267 Å². The van der Waals surface area contributed by atoms with E-state index in [2.05, 4.69) is 20.9 Å². The van der Waals surface area contributed by atoms with Crippen LogP contribution in [0.2, 0.25) is 0 Å². The molecule has 2 aromatic carbocycles. The SMILES string of the molecule is NC(=O)CCC(NC(=O)C(CCC(=O)O)NC(=O)C(N)Cc1c[nH]c2ccccc12)C(=O)NC(Cc1ccc(O)cc1)C(=O)O. The molecule has 0 spiro atoms. The third kappa shape index (κ3) is 10.4. The number of rotatable bonds is 17. The average molecular weight is 625 g/mol. The first-order valence-electron chi connectivity index (χ1n) is 14.1. The minimum atomic E-state index is -1.46. The molecule has 0 aliphatic rings. The number of phenolic OH excluding ortho intramolecular Hbond substituents is 1. The second kappa shape index (κ2) is 15.9. The normalized spacial score (nSPS) is 13.6. The predicted molar refractivity (Wildman–Crippen MR) is 161 cm³/mol. The second-order valence-electron chi connectivity index (χ2n) is 10.5. The summed E-state index contributed by atoms with van der Waals surface area (Å²) in [6, 6.07) is 7.58. The van der Waals surface area contributed by atoms with Gasteiger partial charge in [0.2, 0.25) is 23.6 Å². The molecule has 4 amide bonds. The van der Waals surface area contributed by atoms with E-state index in [9.17, 15) is 44.1 Å². The monoisotopic (exact) mass is 624 g/mol. The first-order chi connectivity index (χ1) is 21.3.